The first kappa shape index (κ1) is 17.8. The third-order valence-electron chi connectivity index (χ3n) is 3.19. The summed E-state index contributed by atoms with van der Waals surface area (Å²) in [6.07, 6.45) is 3.40. The first-order valence-corrected chi connectivity index (χ1v) is 8.98. The molecule has 0 fully saturated rings. The summed E-state index contributed by atoms with van der Waals surface area (Å²) in [6.45, 7) is 7.33. The number of anilines is 2. The van der Waals surface area contributed by atoms with E-state index >= 15 is 0 Å². The Morgan fingerprint density at radius 3 is 2.57 bits per heavy atom. The van der Waals surface area contributed by atoms with Crippen LogP contribution in [0.3, 0.4) is 0 Å². The van der Waals surface area contributed by atoms with Gasteiger partial charge in [-0.3, -0.25) is 0 Å². The van der Waals surface area contributed by atoms with Crippen LogP contribution >= 0.6 is 0 Å². The van der Waals surface area contributed by atoms with Gasteiger partial charge in [-0.25, -0.2) is 13.1 Å². The number of nitrogen functional groups attached to an aromatic ring is 1. The minimum atomic E-state index is -3.44. The van der Waals surface area contributed by atoms with Gasteiger partial charge in [-0.2, -0.15) is 0 Å². The van der Waals surface area contributed by atoms with Gasteiger partial charge in [-0.05, 0) is 30.5 Å². The van der Waals surface area contributed by atoms with Crippen molar-refractivity contribution in [3.05, 3.63) is 18.2 Å². The van der Waals surface area contributed by atoms with Crippen molar-refractivity contribution in [3.63, 3.8) is 0 Å². The Hall–Kier alpha value is -1.27. The van der Waals surface area contributed by atoms with Crippen LogP contribution in [0, 0.1) is 5.92 Å². The standard InChI is InChI=1S/C15H27N3O2S/c1-4-18-21(19,20)13-8-9-14(16)15(11-13)17-10-6-5-7-12(2)3/h8-9,11-12,17-18H,4-7,10,16H2,1-3H3. The molecule has 0 aliphatic carbocycles. The van der Waals surface area contributed by atoms with E-state index in [1.807, 2.05) is 0 Å². The van der Waals surface area contributed by atoms with Crippen molar-refractivity contribution in [3.8, 4) is 0 Å². The van der Waals surface area contributed by atoms with Crippen molar-refractivity contribution >= 4 is 21.4 Å². The first-order chi connectivity index (χ1) is 9.86. The average molecular weight is 313 g/mol. The summed E-state index contributed by atoms with van der Waals surface area (Å²) in [7, 11) is -3.44. The summed E-state index contributed by atoms with van der Waals surface area (Å²) in [5.41, 5.74) is 7.14. The van der Waals surface area contributed by atoms with Gasteiger partial charge in [0.2, 0.25) is 10.0 Å². The maximum atomic E-state index is 12.0. The molecule has 0 atom stereocenters. The molecular weight excluding hydrogens is 286 g/mol. The summed E-state index contributed by atoms with van der Waals surface area (Å²) >= 11 is 0. The Balaban J connectivity index is 2.66. The monoisotopic (exact) mass is 313 g/mol. The molecule has 5 nitrogen and oxygen atoms in total. The lowest BCUT2D eigenvalue weighted by Gasteiger charge is -2.12. The second-order valence-corrected chi connectivity index (χ2v) is 7.33. The summed E-state index contributed by atoms with van der Waals surface area (Å²) in [6, 6.07) is 4.74. The fourth-order valence-electron chi connectivity index (χ4n) is 2.03. The molecule has 0 bridgehead atoms. The topological polar surface area (TPSA) is 84.2 Å². The molecule has 1 aromatic rings. The summed E-state index contributed by atoms with van der Waals surface area (Å²) in [5, 5.41) is 3.22. The fourth-order valence-corrected chi connectivity index (χ4v) is 3.10. The largest absolute Gasteiger partial charge is 0.397 e. The average Bonchev–Trinajstić information content (AvgIpc) is 2.39. The van der Waals surface area contributed by atoms with Crippen LogP contribution in [0.4, 0.5) is 11.4 Å². The number of benzene rings is 1. The Kier molecular flexibility index (Phi) is 6.98. The van der Waals surface area contributed by atoms with Crippen LogP contribution in [0.5, 0.6) is 0 Å². The van der Waals surface area contributed by atoms with E-state index in [-0.39, 0.29) is 4.90 Å². The quantitative estimate of drug-likeness (QED) is 0.483. The van der Waals surface area contributed by atoms with E-state index in [1.165, 1.54) is 12.5 Å². The lowest BCUT2D eigenvalue weighted by atomic mass is 10.1. The molecular formula is C15H27N3O2S. The maximum absolute atomic E-state index is 12.0. The van der Waals surface area contributed by atoms with E-state index < -0.39 is 10.0 Å². The zero-order valence-corrected chi connectivity index (χ0v) is 14.0. The minimum absolute atomic E-state index is 0.239. The van der Waals surface area contributed by atoms with Crippen LogP contribution in [-0.4, -0.2) is 21.5 Å². The fraction of sp³-hybridized carbons (Fsp3) is 0.600. The lowest BCUT2D eigenvalue weighted by molar-refractivity contribution is 0.545. The van der Waals surface area contributed by atoms with Crippen molar-refractivity contribution in [2.24, 2.45) is 5.92 Å². The van der Waals surface area contributed by atoms with E-state index in [2.05, 4.69) is 23.9 Å². The smallest absolute Gasteiger partial charge is 0.240 e. The summed E-state index contributed by atoms with van der Waals surface area (Å²) in [4.78, 5) is 0.239. The summed E-state index contributed by atoms with van der Waals surface area (Å²) < 4.78 is 26.4. The second-order valence-electron chi connectivity index (χ2n) is 5.57. The van der Waals surface area contributed by atoms with E-state index in [9.17, 15) is 8.42 Å². The number of nitrogens with one attached hydrogen (secondary N) is 2. The van der Waals surface area contributed by atoms with Crippen molar-refractivity contribution in [2.45, 2.75) is 44.9 Å². The second kappa shape index (κ2) is 8.24. The lowest BCUT2D eigenvalue weighted by Crippen LogP contribution is -2.23. The van der Waals surface area contributed by atoms with Crippen LogP contribution in [0.15, 0.2) is 23.1 Å². The molecule has 6 heteroatoms. The molecule has 120 valence electrons. The predicted molar refractivity (Wildman–Crippen MR) is 88.9 cm³/mol. The van der Waals surface area contributed by atoms with E-state index in [0.717, 1.165) is 19.4 Å². The Bertz CT molecular complexity index is 542. The molecule has 21 heavy (non-hydrogen) atoms. The minimum Gasteiger partial charge on any atom is -0.397 e. The summed E-state index contributed by atoms with van der Waals surface area (Å²) in [5.74, 6) is 0.712. The number of nitrogens with two attached hydrogens (primary N) is 1. The molecule has 0 saturated heterocycles. The molecule has 0 aliphatic heterocycles. The van der Waals surface area contributed by atoms with Gasteiger partial charge in [0.15, 0.2) is 0 Å². The van der Waals surface area contributed by atoms with Crippen molar-refractivity contribution in [1.82, 2.24) is 4.72 Å². The van der Waals surface area contributed by atoms with E-state index in [0.29, 0.717) is 23.8 Å². The van der Waals surface area contributed by atoms with Gasteiger partial charge in [0.05, 0.1) is 16.3 Å². The highest BCUT2D eigenvalue weighted by molar-refractivity contribution is 7.89. The van der Waals surface area contributed by atoms with Gasteiger partial charge in [0, 0.05) is 13.1 Å². The number of rotatable bonds is 9. The van der Waals surface area contributed by atoms with Gasteiger partial charge < -0.3 is 11.1 Å². The normalized spacial score (nSPS) is 11.8. The third-order valence-corrected chi connectivity index (χ3v) is 4.74. The highest BCUT2D eigenvalue weighted by atomic mass is 32.2. The molecule has 0 unspecified atom stereocenters. The maximum Gasteiger partial charge on any atom is 0.240 e. The molecule has 0 aliphatic rings. The molecule has 0 amide bonds. The van der Waals surface area contributed by atoms with Gasteiger partial charge in [-0.15, -0.1) is 0 Å². The molecule has 0 aromatic heterocycles. The number of unbranched alkanes of at least 4 members (excludes halogenated alkanes) is 1. The van der Waals surface area contributed by atoms with Gasteiger partial charge in [0.25, 0.3) is 0 Å². The van der Waals surface area contributed by atoms with Crippen molar-refractivity contribution in [2.75, 3.05) is 24.1 Å². The van der Waals surface area contributed by atoms with Crippen LogP contribution in [0.2, 0.25) is 0 Å². The van der Waals surface area contributed by atoms with Gasteiger partial charge >= 0.3 is 0 Å². The number of sulfonamides is 1. The van der Waals surface area contributed by atoms with Crippen LogP contribution in [0.1, 0.15) is 40.0 Å². The third kappa shape index (κ3) is 5.93. The highest BCUT2D eigenvalue weighted by Gasteiger charge is 2.14. The highest BCUT2D eigenvalue weighted by Crippen LogP contribution is 2.23. The Labute approximate surface area is 128 Å². The molecule has 1 aromatic carbocycles. The van der Waals surface area contributed by atoms with E-state index in [4.69, 9.17) is 5.73 Å². The van der Waals surface area contributed by atoms with Crippen LogP contribution < -0.4 is 15.8 Å². The molecule has 4 N–H and O–H groups in total. The number of hydrogen-bond acceptors (Lipinski definition) is 4. The Morgan fingerprint density at radius 1 is 1.24 bits per heavy atom. The van der Waals surface area contributed by atoms with Crippen molar-refractivity contribution < 1.29 is 8.42 Å². The molecule has 1 rings (SSSR count). The molecule has 0 spiro atoms. The SMILES string of the molecule is CCNS(=O)(=O)c1ccc(N)c(NCCCCC(C)C)c1. The first-order valence-electron chi connectivity index (χ1n) is 7.50. The van der Waals surface area contributed by atoms with Gasteiger partial charge in [-0.1, -0.05) is 33.6 Å². The zero-order valence-electron chi connectivity index (χ0n) is 13.1. The van der Waals surface area contributed by atoms with Crippen LogP contribution in [-0.2, 0) is 10.0 Å². The van der Waals surface area contributed by atoms with Crippen molar-refractivity contribution in [1.29, 1.82) is 0 Å². The van der Waals surface area contributed by atoms with Gasteiger partial charge in [0.1, 0.15) is 0 Å². The molecule has 0 heterocycles. The van der Waals surface area contributed by atoms with Crippen LogP contribution in [0.25, 0.3) is 0 Å². The van der Waals surface area contributed by atoms with E-state index in [1.54, 1.807) is 19.1 Å². The molecule has 0 saturated carbocycles. The zero-order chi connectivity index (χ0) is 15.9. The Morgan fingerprint density at radius 2 is 1.95 bits per heavy atom. The molecule has 0 radical (unpaired) electrons. The predicted octanol–water partition coefficient (Wildman–Crippen LogP) is 2.81. The number of hydrogen-bond donors (Lipinski definition) is 3.